The summed E-state index contributed by atoms with van der Waals surface area (Å²) in [5.41, 5.74) is 0. The summed E-state index contributed by atoms with van der Waals surface area (Å²) in [6.45, 7) is 10.9. The van der Waals surface area contributed by atoms with Gasteiger partial charge >= 0.3 is 0 Å². The van der Waals surface area contributed by atoms with Gasteiger partial charge in [0.2, 0.25) is 5.91 Å². The largest absolute Gasteiger partial charge is 0.336 e. The predicted octanol–water partition coefficient (Wildman–Crippen LogP) is 1.90. The average molecular weight is 317 g/mol. The molecule has 1 unspecified atom stereocenters. The van der Waals surface area contributed by atoms with Crippen molar-refractivity contribution in [2.75, 3.05) is 39.3 Å². The zero-order valence-electron chi connectivity index (χ0n) is 14.2. The number of halogens is 2. The van der Waals surface area contributed by atoms with Gasteiger partial charge in [-0.05, 0) is 20.3 Å². The second kappa shape index (κ2) is 6.79. The summed E-state index contributed by atoms with van der Waals surface area (Å²) in [4.78, 5) is 17.5. The third kappa shape index (κ3) is 3.77. The molecule has 22 heavy (non-hydrogen) atoms. The van der Waals surface area contributed by atoms with Crippen molar-refractivity contribution in [3.8, 4) is 0 Å². The lowest BCUT2D eigenvalue weighted by molar-refractivity contribution is -0.159. The smallest absolute Gasteiger partial charge is 0.280 e. The molecule has 4 nitrogen and oxygen atoms in total. The maximum atomic E-state index is 14.5. The molecular formula is C16H29F2N3O. The number of alkyl halides is 2. The highest BCUT2D eigenvalue weighted by Gasteiger charge is 2.49. The number of hydrogen-bond donors (Lipinski definition) is 0. The summed E-state index contributed by atoms with van der Waals surface area (Å²) in [6.07, 6.45) is 0.368. The SMILES string of the molecule is CC(C)C(=O)N1CCC(N2CCN(C(C)C)CC2)C(F)(F)C1. The predicted molar refractivity (Wildman–Crippen MR) is 83.1 cm³/mol. The molecule has 0 N–H and O–H groups in total. The lowest BCUT2D eigenvalue weighted by Crippen LogP contribution is -2.63. The quantitative estimate of drug-likeness (QED) is 0.795. The highest BCUT2D eigenvalue weighted by molar-refractivity contribution is 5.78. The van der Waals surface area contributed by atoms with Crippen LogP contribution in [0.3, 0.4) is 0 Å². The van der Waals surface area contributed by atoms with Crippen LogP contribution in [0.15, 0.2) is 0 Å². The lowest BCUT2D eigenvalue weighted by Gasteiger charge is -2.47. The van der Waals surface area contributed by atoms with Crippen molar-refractivity contribution in [1.29, 1.82) is 0 Å². The van der Waals surface area contributed by atoms with Crippen LogP contribution in [0, 0.1) is 5.92 Å². The number of hydrogen-bond acceptors (Lipinski definition) is 3. The first-order valence-corrected chi connectivity index (χ1v) is 8.37. The maximum Gasteiger partial charge on any atom is 0.280 e. The Balaban J connectivity index is 1.95. The molecule has 2 saturated heterocycles. The minimum absolute atomic E-state index is 0.164. The first-order chi connectivity index (χ1) is 10.2. The Morgan fingerprint density at radius 3 is 2.09 bits per heavy atom. The maximum absolute atomic E-state index is 14.5. The van der Waals surface area contributed by atoms with E-state index in [-0.39, 0.29) is 11.8 Å². The van der Waals surface area contributed by atoms with Crippen molar-refractivity contribution >= 4 is 5.91 Å². The minimum Gasteiger partial charge on any atom is -0.336 e. The van der Waals surface area contributed by atoms with Gasteiger partial charge in [-0.15, -0.1) is 0 Å². The number of piperazine rings is 1. The molecule has 2 aliphatic heterocycles. The molecule has 1 atom stereocenters. The zero-order valence-corrected chi connectivity index (χ0v) is 14.2. The van der Waals surface area contributed by atoms with Crippen molar-refractivity contribution < 1.29 is 13.6 Å². The summed E-state index contributed by atoms with van der Waals surface area (Å²) >= 11 is 0. The molecule has 0 aromatic heterocycles. The van der Waals surface area contributed by atoms with E-state index in [1.165, 1.54) is 4.90 Å². The molecule has 2 rings (SSSR count). The Labute approximate surface area is 132 Å². The number of carbonyl (C=O) groups excluding carboxylic acids is 1. The van der Waals surface area contributed by atoms with Gasteiger partial charge in [-0.2, -0.15) is 0 Å². The Kier molecular flexibility index (Phi) is 5.43. The van der Waals surface area contributed by atoms with Crippen molar-refractivity contribution in [2.45, 2.75) is 52.1 Å². The standard InChI is InChI=1S/C16H29F2N3O/c1-12(2)15(22)21-6-5-14(16(17,18)11-21)20-9-7-19(8-10-20)13(3)4/h12-14H,5-11H2,1-4H3. The van der Waals surface area contributed by atoms with Gasteiger partial charge in [0.15, 0.2) is 0 Å². The van der Waals surface area contributed by atoms with Crippen LogP contribution in [-0.4, -0.2) is 77.9 Å². The topological polar surface area (TPSA) is 26.8 Å². The monoisotopic (exact) mass is 317 g/mol. The highest BCUT2D eigenvalue weighted by Crippen LogP contribution is 2.32. The van der Waals surface area contributed by atoms with Crippen LogP contribution in [0.4, 0.5) is 8.78 Å². The number of rotatable bonds is 3. The van der Waals surface area contributed by atoms with Gasteiger partial charge in [-0.1, -0.05) is 13.8 Å². The first-order valence-electron chi connectivity index (χ1n) is 8.37. The number of nitrogens with zero attached hydrogens (tertiary/aromatic N) is 3. The molecule has 6 heteroatoms. The van der Waals surface area contributed by atoms with E-state index >= 15 is 0 Å². The zero-order chi connectivity index (χ0) is 16.5. The Hall–Kier alpha value is -0.750. The summed E-state index contributed by atoms with van der Waals surface area (Å²) in [7, 11) is 0. The molecule has 0 bridgehead atoms. The van der Waals surface area contributed by atoms with Gasteiger partial charge in [0.25, 0.3) is 5.92 Å². The van der Waals surface area contributed by atoms with Crippen LogP contribution in [0.1, 0.15) is 34.1 Å². The average Bonchev–Trinajstić information content (AvgIpc) is 2.45. The van der Waals surface area contributed by atoms with E-state index in [4.69, 9.17) is 0 Å². The summed E-state index contributed by atoms with van der Waals surface area (Å²) in [5, 5.41) is 0. The van der Waals surface area contributed by atoms with Crippen molar-refractivity contribution in [2.24, 2.45) is 5.92 Å². The number of carbonyl (C=O) groups is 1. The Bertz CT molecular complexity index is 393. The van der Waals surface area contributed by atoms with Crippen LogP contribution in [-0.2, 0) is 4.79 Å². The third-order valence-corrected chi connectivity index (χ3v) is 4.89. The highest BCUT2D eigenvalue weighted by atomic mass is 19.3. The normalized spacial score (nSPS) is 27.6. The van der Waals surface area contributed by atoms with Crippen LogP contribution in [0.5, 0.6) is 0 Å². The molecule has 2 fully saturated rings. The molecule has 0 saturated carbocycles. The van der Waals surface area contributed by atoms with Gasteiger partial charge in [-0.25, -0.2) is 8.78 Å². The second-order valence-corrected chi connectivity index (χ2v) is 7.15. The van der Waals surface area contributed by atoms with Gasteiger partial charge in [-0.3, -0.25) is 14.6 Å². The minimum atomic E-state index is -2.82. The third-order valence-electron chi connectivity index (χ3n) is 4.89. The van der Waals surface area contributed by atoms with Crippen LogP contribution in [0.25, 0.3) is 0 Å². The van der Waals surface area contributed by atoms with E-state index in [2.05, 4.69) is 18.7 Å². The molecule has 0 radical (unpaired) electrons. The summed E-state index contributed by atoms with van der Waals surface area (Å²) < 4.78 is 29.1. The number of amides is 1. The van der Waals surface area contributed by atoms with Gasteiger partial charge in [0, 0.05) is 44.7 Å². The molecule has 128 valence electrons. The molecule has 0 spiro atoms. The van der Waals surface area contributed by atoms with Crippen LogP contribution in [0.2, 0.25) is 0 Å². The van der Waals surface area contributed by atoms with E-state index < -0.39 is 18.5 Å². The number of piperidine rings is 1. The van der Waals surface area contributed by atoms with Crippen LogP contribution >= 0.6 is 0 Å². The molecule has 1 amide bonds. The fourth-order valence-electron chi connectivity index (χ4n) is 3.50. The molecule has 2 heterocycles. The summed E-state index contributed by atoms with van der Waals surface area (Å²) in [6, 6.07) is -0.258. The fraction of sp³-hybridized carbons (Fsp3) is 0.938. The molecule has 2 aliphatic rings. The molecule has 0 aromatic carbocycles. The van der Waals surface area contributed by atoms with E-state index in [0.717, 1.165) is 13.1 Å². The molecule has 0 aliphatic carbocycles. The molecular weight excluding hydrogens is 288 g/mol. The van der Waals surface area contributed by atoms with E-state index in [9.17, 15) is 13.6 Å². The van der Waals surface area contributed by atoms with Crippen molar-refractivity contribution in [1.82, 2.24) is 14.7 Å². The number of likely N-dealkylation sites (tertiary alicyclic amines) is 1. The lowest BCUT2D eigenvalue weighted by atomic mass is 9.97. The Morgan fingerprint density at radius 2 is 1.64 bits per heavy atom. The van der Waals surface area contributed by atoms with E-state index in [0.29, 0.717) is 32.1 Å². The first kappa shape index (κ1) is 17.6. The molecule has 0 aromatic rings. The van der Waals surface area contributed by atoms with Crippen LogP contribution < -0.4 is 0 Å². The fourth-order valence-corrected chi connectivity index (χ4v) is 3.50. The second-order valence-electron chi connectivity index (χ2n) is 7.15. The summed E-state index contributed by atoms with van der Waals surface area (Å²) in [5.74, 6) is -3.20. The van der Waals surface area contributed by atoms with Crippen molar-refractivity contribution in [3.05, 3.63) is 0 Å². The van der Waals surface area contributed by atoms with Gasteiger partial charge < -0.3 is 4.90 Å². The Morgan fingerprint density at radius 1 is 1.05 bits per heavy atom. The van der Waals surface area contributed by atoms with Crippen molar-refractivity contribution in [3.63, 3.8) is 0 Å². The van der Waals surface area contributed by atoms with E-state index in [1.54, 1.807) is 13.8 Å². The van der Waals surface area contributed by atoms with E-state index in [1.807, 2.05) is 4.90 Å². The van der Waals surface area contributed by atoms with Gasteiger partial charge in [0.05, 0.1) is 12.6 Å². The van der Waals surface area contributed by atoms with Gasteiger partial charge in [0.1, 0.15) is 0 Å².